The first kappa shape index (κ1) is 16.4. The van der Waals surface area contributed by atoms with E-state index in [-0.39, 0.29) is 17.3 Å². The molecule has 0 amide bonds. The zero-order chi connectivity index (χ0) is 16.7. The van der Waals surface area contributed by atoms with Gasteiger partial charge in [0.2, 0.25) is 0 Å². The van der Waals surface area contributed by atoms with Crippen molar-refractivity contribution in [1.29, 1.82) is 0 Å². The fourth-order valence-electron chi connectivity index (χ4n) is 5.28. The van der Waals surface area contributed by atoms with Crippen molar-refractivity contribution in [1.82, 2.24) is 0 Å². The lowest BCUT2D eigenvalue weighted by Gasteiger charge is -2.57. The maximum absolute atomic E-state index is 12.5. The molecule has 1 heterocycles. The Morgan fingerprint density at radius 3 is 2.87 bits per heavy atom. The molecule has 3 nitrogen and oxygen atoms in total. The number of hydrogen-bond acceptors (Lipinski definition) is 2. The highest BCUT2D eigenvalue weighted by Gasteiger charge is 2.59. The zero-order valence-corrected chi connectivity index (χ0v) is 14.5. The van der Waals surface area contributed by atoms with Crippen LogP contribution in [0.25, 0.3) is 0 Å². The number of fused-ring (bicyclic) bond motifs is 1. The van der Waals surface area contributed by atoms with Gasteiger partial charge in [0.1, 0.15) is 0 Å². The summed E-state index contributed by atoms with van der Waals surface area (Å²) in [5.41, 5.74) is 1.92. The molecular weight excluding hydrogens is 288 g/mol. The first-order valence-corrected chi connectivity index (χ1v) is 8.83. The van der Waals surface area contributed by atoms with Crippen LogP contribution >= 0.6 is 0 Å². The highest BCUT2D eigenvalue weighted by atomic mass is 16.4. The molecule has 0 aromatic carbocycles. The zero-order valence-electron chi connectivity index (χ0n) is 14.5. The van der Waals surface area contributed by atoms with Crippen molar-refractivity contribution in [3.63, 3.8) is 0 Å². The third-order valence-electron chi connectivity index (χ3n) is 6.98. The number of carbonyl (C=O) groups is 1. The Morgan fingerprint density at radius 2 is 2.22 bits per heavy atom. The molecule has 1 N–H and O–H groups in total. The monoisotopic (exact) mass is 316 g/mol. The summed E-state index contributed by atoms with van der Waals surface area (Å²) in [7, 11) is 0. The van der Waals surface area contributed by atoms with Crippen LogP contribution in [0.4, 0.5) is 0 Å². The summed E-state index contributed by atoms with van der Waals surface area (Å²) in [6.07, 6.45) is 11.3. The van der Waals surface area contributed by atoms with Crippen LogP contribution in [0.1, 0.15) is 58.4 Å². The number of aryl methyl sites for hydroxylation is 1. The Kier molecular flexibility index (Phi) is 4.16. The summed E-state index contributed by atoms with van der Waals surface area (Å²) in [5, 5.41) is 10.3. The van der Waals surface area contributed by atoms with Crippen molar-refractivity contribution in [2.24, 2.45) is 22.7 Å². The van der Waals surface area contributed by atoms with E-state index in [0.717, 1.165) is 37.7 Å². The van der Waals surface area contributed by atoms with E-state index in [9.17, 15) is 9.90 Å². The van der Waals surface area contributed by atoms with Gasteiger partial charge in [-0.25, -0.2) is 0 Å². The van der Waals surface area contributed by atoms with Crippen LogP contribution in [0.2, 0.25) is 0 Å². The topological polar surface area (TPSA) is 50.4 Å². The molecule has 0 radical (unpaired) electrons. The van der Waals surface area contributed by atoms with Crippen LogP contribution in [-0.4, -0.2) is 11.1 Å². The van der Waals surface area contributed by atoms with Crippen LogP contribution in [0.3, 0.4) is 0 Å². The number of rotatable bonds is 4. The largest absolute Gasteiger partial charge is 0.481 e. The fraction of sp³-hybridized carbons (Fsp3) is 0.650. The van der Waals surface area contributed by atoms with E-state index < -0.39 is 11.4 Å². The molecule has 0 aliphatic heterocycles. The molecule has 1 fully saturated rings. The Morgan fingerprint density at radius 1 is 1.43 bits per heavy atom. The quantitative estimate of drug-likeness (QED) is 0.788. The Labute approximate surface area is 138 Å². The van der Waals surface area contributed by atoms with Crippen LogP contribution in [0.5, 0.6) is 0 Å². The van der Waals surface area contributed by atoms with Gasteiger partial charge in [0.25, 0.3) is 0 Å². The van der Waals surface area contributed by atoms with Crippen LogP contribution in [-0.2, 0) is 11.2 Å². The van der Waals surface area contributed by atoms with Gasteiger partial charge in [0.15, 0.2) is 0 Å². The van der Waals surface area contributed by atoms with Crippen LogP contribution in [0, 0.1) is 22.7 Å². The van der Waals surface area contributed by atoms with Gasteiger partial charge in [0.05, 0.1) is 17.9 Å². The first-order valence-electron chi connectivity index (χ1n) is 8.83. The predicted molar refractivity (Wildman–Crippen MR) is 90.1 cm³/mol. The normalized spacial score (nSPS) is 37.1. The molecule has 1 saturated carbocycles. The molecule has 1 aromatic heterocycles. The molecular formula is C20H28O3. The highest BCUT2D eigenvalue weighted by molar-refractivity contribution is 5.76. The molecule has 0 bridgehead atoms. The third kappa shape index (κ3) is 2.45. The molecule has 2 aliphatic carbocycles. The number of hydrogen-bond donors (Lipinski definition) is 1. The van der Waals surface area contributed by atoms with E-state index >= 15 is 0 Å². The van der Waals surface area contributed by atoms with Gasteiger partial charge in [-0.15, -0.1) is 0 Å². The number of carboxylic acids is 1. The van der Waals surface area contributed by atoms with Crippen molar-refractivity contribution in [3.8, 4) is 0 Å². The highest BCUT2D eigenvalue weighted by Crippen LogP contribution is 2.62. The summed E-state index contributed by atoms with van der Waals surface area (Å²) < 4.78 is 5.16. The van der Waals surface area contributed by atoms with E-state index in [0.29, 0.717) is 6.42 Å². The molecule has 23 heavy (non-hydrogen) atoms. The smallest absolute Gasteiger partial charge is 0.310 e. The van der Waals surface area contributed by atoms with Gasteiger partial charge in [-0.2, -0.15) is 0 Å². The van der Waals surface area contributed by atoms with Crippen molar-refractivity contribution < 1.29 is 14.3 Å². The Bertz CT molecular complexity index is 600. The van der Waals surface area contributed by atoms with Crippen LogP contribution in [0.15, 0.2) is 34.7 Å². The van der Waals surface area contributed by atoms with E-state index in [4.69, 9.17) is 4.42 Å². The average molecular weight is 316 g/mol. The Hall–Kier alpha value is -1.51. The minimum absolute atomic E-state index is 0.0412. The SMILES string of the molecule is CC1=CCC[C@@H]2[C@](CCc3ccoc3)(C(=O)O)[C@H](C)CC[C@@]12C. The molecule has 126 valence electrons. The van der Waals surface area contributed by atoms with Crippen molar-refractivity contribution in [3.05, 3.63) is 35.8 Å². The molecule has 3 rings (SSSR count). The lowest BCUT2D eigenvalue weighted by atomic mass is 9.46. The van der Waals surface area contributed by atoms with Crippen molar-refractivity contribution in [2.75, 3.05) is 0 Å². The molecule has 0 saturated heterocycles. The Balaban J connectivity index is 1.98. The number of aliphatic carboxylic acids is 1. The minimum Gasteiger partial charge on any atom is -0.481 e. The molecule has 0 spiro atoms. The van der Waals surface area contributed by atoms with Gasteiger partial charge < -0.3 is 9.52 Å². The summed E-state index contributed by atoms with van der Waals surface area (Å²) in [4.78, 5) is 12.5. The number of furan rings is 1. The predicted octanol–water partition coefficient (Wildman–Crippen LogP) is 5.08. The van der Waals surface area contributed by atoms with Gasteiger partial charge in [0, 0.05) is 0 Å². The third-order valence-corrected chi connectivity index (χ3v) is 6.98. The summed E-state index contributed by atoms with van der Waals surface area (Å²) in [5.74, 6) is -0.150. The van der Waals surface area contributed by atoms with Crippen molar-refractivity contribution >= 4 is 5.97 Å². The van der Waals surface area contributed by atoms with Gasteiger partial charge in [-0.3, -0.25) is 4.79 Å². The standard InChI is InChI=1S/C20H28O3/c1-14-5-4-6-17-19(14,3)10-7-15(2)20(17,18(21)22)11-8-16-9-12-23-13-16/h5,9,12-13,15,17H,4,6-8,10-11H2,1-3H3,(H,21,22)/t15-,17+,19+,20-/m1/s1. The maximum atomic E-state index is 12.5. The first-order chi connectivity index (χ1) is 10.9. The second-order valence-electron chi connectivity index (χ2n) is 7.85. The minimum atomic E-state index is -0.625. The molecule has 1 aromatic rings. The molecule has 3 heteroatoms. The number of allylic oxidation sites excluding steroid dienone is 2. The van der Waals surface area contributed by atoms with Crippen LogP contribution < -0.4 is 0 Å². The summed E-state index contributed by atoms with van der Waals surface area (Å²) in [6.45, 7) is 6.64. The second kappa shape index (κ2) is 5.85. The van der Waals surface area contributed by atoms with Crippen molar-refractivity contribution in [2.45, 2.75) is 59.3 Å². The van der Waals surface area contributed by atoms with E-state index in [1.54, 1.807) is 12.5 Å². The van der Waals surface area contributed by atoms with Gasteiger partial charge in [-0.05, 0) is 74.3 Å². The number of carboxylic acid groups (broad SMARTS) is 1. The van der Waals surface area contributed by atoms with E-state index in [1.807, 2.05) is 6.07 Å². The second-order valence-corrected chi connectivity index (χ2v) is 7.85. The molecule has 4 atom stereocenters. The summed E-state index contributed by atoms with van der Waals surface area (Å²) >= 11 is 0. The average Bonchev–Trinajstić information content (AvgIpc) is 3.02. The molecule has 0 unspecified atom stereocenters. The fourth-order valence-corrected chi connectivity index (χ4v) is 5.28. The summed E-state index contributed by atoms with van der Waals surface area (Å²) in [6, 6.07) is 1.95. The van der Waals surface area contributed by atoms with E-state index in [2.05, 4.69) is 26.8 Å². The lowest BCUT2D eigenvalue weighted by Crippen LogP contribution is -2.55. The lowest BCUT2D eigenvalue weighted by molar-refractivity contribution is -0.169. The van der Waals surface area contributed by atoms with E-state index in [1.165, 1.54) is 5.57 Å². The van der Waals surface area contributed by atoms with Gasteiger partial charge in [-0.1, -0.05) is 25.5 Å². The van der Waals surface area contributed by atoms with Gasteiger partial charge >= 0.3 is 5.97 Å². The molecule has 2 aliphatic rings. The maximum Gasteiger partial charge on any atom is 0.310 e.